The van der Waals surface area contributed by atoms with E-state index in [2.05, 4.69) is 0 Å². The largest absolute Gasteiger partial charge is 0.294 e. The molecule has 29 heavy (non-hydrogen) atoms. The number of hydrogen-bond acceptors (Lipinski definition) is 2. The average Bonchev–Trinajstić information content (AvgIpc) is 2.77. The van der Waals surface area contributed by atoms with Gasteiger partial charge in [0.25, 0.3) is 0 Å². The van der Waals surface area contributed by atoms with Gasteiger partial charge in [0.1, 0.15) is 5.82 Å². The maximum atomic E-state index is 12.9. The highest BCUT2D eigenvalue weighted by atomic mass is 19.1. The topological polar surface area (TPSA) is 34.1 Å². The van der Waals surface area contributed by atoms with Crippen molar-refractivity contribution in [2.24, 2.45) is 0 Å². The van der Waals surface area contributed by atoms with E-state index in [4.69, 9.17) is 0 Å². The van der Waals surface area contributed by atoms with Crippen molar-refractivity contribution in [1.82, 2.24) is 0 Å². The molecule has 0 saturated heterocycles. The Morgan fingerprint density at radius 3 is 1.76 bits per heavy atom. The molecule has 0 aliphatic rings. The van der Waals surface area contributed by atoms with Gasteiger partial charge in [-0.1, -0.05) is 86.6 Å². The Kier molecular flexibility index (Phi) is 8.97. The quantitative estimate of drug-likeness (QED) is 0.412. The minimum absolute atomic E-state index is 0.0877. The van der Waals surface area contributed by atoms with Gasteiger partial charge in [-0.15, -0.1) is 0 Å². The second-order valence-electron chi connectivity index (χ2n) is 6.78. The fourth-order valence-electron chi connectivity index (χ4n) is 3.07. The third kappa shape index (κ3) is 6.79. The van der Waals surface area contributed by atoms with Gasteiger partial charge in [-0.05, 0) is 30.5 Å². The molecule has 0 heterocycles. The minimum atomic E-state index is -0.277. The second-order valence-corrected chi connectivity index (χ2v) is 6.78. The SMILES string of the molecule is CCC(C(=O)c1ccccc1)c1ccc(F)cc1.CCCC(=O)c1ccccc1. The summed E-state index contributed by atoms with van der Waals surface area (Å²) in [4.78, 5) is 23.6. The molecule has 3 aromatic rings. The van der Waals surface area contributed by atoms with Crippen molar-refractivity contribution in [3.63, 3.8) is 0 Å². The van der Waals surface area contributed by atoms with Gasteiger partial charge in [0.2, 0.25) is 0 Å². The monoisotopic (exact) mass is 390 g/mol. The second kappa shape index (κ2) is 11.7. The molecule has 0 aromatic heterocycles. The van der Waals surface area contributed by atoms with Crippen molar-refractivity contribution in [2.45, 2.75) is 39.0 Å². The molecule has 0 amide bonds. The van der Waals surface area contributed by atoms with Crippen LogP contribution in [0, 0.1) is 5.82 Å². The van der Waals surface area contributed by atoms with Gasteiger partial charge in [-0.25, -0.2) is 4.39 Å². The number of Topliss-reactive ketones (excluding diaryl/α,β-unsaturated/α-hetero) is 2. The Labute approximate surface area is 172 Å². The van der Waals surface area contributed by atoms with Gasteiger partial charge in [0.05, 0.1) is 0 Å². The summed E-state index contributed by atoms with van der Waals surface area (Å²) < 4.78 is 12.9. The third-order valence-electron chi connectivity index (χ3n) is 4.63. The summed E-state index contributed by atoms with van der Waals surface area (Å²) in [6, 6.07) is 24.8. The molecule has 0 aliphatic carbocycles. The van der Waals surface area contributed by atoms with Crippen LogP contribution in [0.15, 0.2) is 84.9 Å². The minimum Gasteiger partial charge on any atom is -0.294 e. The van der Waals surface area contributed by atoms with E-state index < -0.39 is 0 Å². The molecule has 1 atom stereocenters. The highest BCUT2D eigenvalue weighted by Gasteiger charge is 2.19. The molecule has 3 rings (SSSR count). The maximum absolute atomic E-state index is 12.9. The zero-order valence-corrected chi connectivity index (χ0v) is 17.0. The van der Waals surface area contributed by atoms with Gasteiger partial charge >= 0.3 is 0 Å². The van der Waals surface area contributed by atoms with Crippen molar-refractivity contribution >= 4 is 11.6 Å². The lowest BCUT2D eigenvalue weighted by Gasteiger charge is -2.14. The van der Waals surface area contributed by atoms with Crippen LogP contribution in [0.3, 0.4) is 0 Å². The van der Waals surface area contributed by atoms with Crippen LogP contribution in [0.1, 0.15) is 65.3 Å². The van der Waals surface area contributed by atoms with E-state index in [1.54, 1.807) is 12.1 Å². The molecule has 3 heteroatoms. The average molecular weight is 390 g/mol. The summed E-state index contributed by atoms with van der Waals surface area (Å²) in [5.74, 6) is -0.147. The smallest absolute Gasteiger partial charge is 0.170 e. The molecular weight excluding hydrogens is 363 g/mol. The normalized spacial score (nSPS) is 11.1. The third-order valence-corrected chi connectivity index (χ3v) is 4.63. The Bertz CT molecular complexity index is 887. The Hall–Kier alpha value is -3.07. The van der Waals surface area contributed by atoms with Crippen molar-refractivity contribution in [3.05, 3.63) is 107 Å². The predicted octanol–water partition coefficient (Wildman–Crippen LogP) is 6.87. The number of halogens is 1. The summed E-state index contributed by atoms with van der Waals surface area (Å²) in [6.07, 6.45) is 2.29. The highest BCUT2D eigenvalue weighted by molar-refractivity contribution is 6.00. The summed E-state index contributed by atoms with van der Waals surface area (Å²) in [6.45, 7) is 3.98. The summed E-state index contributed by atoms with van der Waals surface area (Å²) >= 11 is 0. The lowest BCUT2D eigenvalue weighted by atomic mass is 9.89. The van der Waals surface area contributed by atoms with Crippen molar-refractivity contribution < 1.29 is 14.0 Å². The zero-order chi connectivity index (χ0) is 21.1. The number of hydrogen-bond donors (Lipinski definition) is 0. The summed E-state index contributed by atoms with van der Waals surface area (Å²) in [5, 5.41) is 0. The van der Waals surface area contributed by atoms with Gasteiger partial charge < -0.3 is 0 Å². The lowest BCUT2D eigenvalue weighted by molar-refractivity contribution is 0.0955. The van der Waals surface area contributed by atoms with Gasteiger partial charge in [-0.2, -0.15) is 0 Å². The van der Waals surface area contributed by atoms with Crippen molar-refractivity contribution in [1.29, 1.82) is 0 Å². The molecule has 0 spiro atoms. The number of ketones is 2. The van der Waals surface area contributed by atoms with Crippen LogP contribution in [-0.2, 0) is 0 Å². The van der Waals surface area contributed by atoms with Crippen LogP contribution in [-0.4, -0.2) is 11.6 Å². The summed E-state index contributed by atoms with van der Waals surface area (Å²) in [7, 11) is 0. The van der Waals surface area contributed by atoms with E-state index in [1.807, 2.05) is 74.5 Å². The first-order chi connectivity index (χ1) is 14.1. The van der Waals surface area contributed by atoms with Crippen molar-refractivity contribution in [3.8, 4) is 0 Å². The van der Waals surface area contributed by atoms with E-state index in [0.717, 1.165) is 17.5 Å². The lowest BCUT2D eigenvalue weighted by Crippen LogP contribution is -2.12. The maximum Gasteiger partial charge on any atom is 0.170 e. The van der Waals surface area contributed by atoms with Crippen LogP contribution in [0.5, 0.6) is 0 Å². The van der Waals surface area contributed by atoms with Crippen LogP contribution in [0.25, 0.3) is 0 Å². The van der Waals surface area contributed by atoms with Crippen LogP contribution in [0.4, 0.5) is 4.39 Å². The first-order valence-electron chi connectivity index (χ1n) is 9.99. The summed E-state index contributed by atoms with van der Waals surface area (Å²) in [5.41, 5.74) is 2.40. The number of rotatable bonds is 7. The Balaban J connectivity index is 0.000000234. The van der Waals surface area contributed by atoms with Crippen LogP contribution >= 0.6 is 0 Å². The first-order valence-corrected chi connectivity index (χ1v) is 9.99. The fourth-order valence-corrected chi connectivity index (χ4v) is 3.07. The van der Waals surface area contributed by atoms with E-state index in [0.29, 0.717) is 18.4 Å². The van der Waals surface area contributed by atoms with Gasteiger partial charge in [0.15, 0.2) is 11.6 Å². The molecular formula is C26H27FO2. The molecule has 0 aliphatic heterocycles. The molecule has 0 fully saturated rings. The van der Waals surface area contributed by atoms with Crippen LogP contribution < -0.4 is 0 Å². The standard InChI is InChI=1S/C16H15FO.C10H12O/c1-2-15(12-8-10-14(17)11-9-12)16(18)13-6-4-3-5-7-13;1-2-6-10(11)9-7-4-3-5-8-9/h3-11,15H,2H2,1H3;3-5,7-8H,2,6H2,1H3. The molecule has 0 radical (unpaired) electrons. The predicted molar refractivity (Wildman–Crippen MR) is 116 cm³/mol. The van der Waals surface area contributed by atoms with Crippen molar-refractivity contribution in [2.75, 3.05) is 0 Å². The van der Waals surface area contributed by atoms with E-state index in [-0.39, 0.29) is 23.3 Å². The van der Waals surface area contributed by atoms with E-state index in [1.165, 1.54) is 12.1 Å². The molecule has 0 N–H and O–H groups in total. The van der Waals surface area contributed by atoms with E-state index >= 15 is 0 Å². The molecule has 0 saturated carbocycles. The van der Waals surface area contributed by atoms with E-state index in [9.17, 15) is 14.0 Å². The number of benzene rings is 3. The number of carbonyl (C=O) groups is 2. The molecule has 150 valence electrons. The molecule has 2 nitrogen and oxygen atoms in total. The molecule has 3 aromatic carbocycles. The first kappa shape index (κ1) is 22.2. The van der Waals surface area contributed by atoms with Crippen LogP contribution in [0.2, 0.25) is 0 Å². The molecule has 0 bridgehead atoms. The Morgan fingerprint density at radius 1 is 0.759 bits per heavy atom. The highest BCUT2D eigenvalue weighted by Crippen LogP contribution is 2.24. The zero-order valence-electron chi connectivity index (χ0n) is 17.0. The Morgan fingerprint density at radius 2 is 1.28 bits per heavy atom. The van der Waals surface area contributed by atoms with Gasteiger partial charge in [0, 0.05) is 23.5 Å². The molecule has 1 unspecified atom stereocenters. The number of carbonyl (C=O) groups excluding carboxylic acids is 2. The van der Waals surface area contributed by atoms with Gasteiger partial charge in [-0.3, -0.25) is 9.59 Å². The fraction of sp³-hybridized carbons (Fsp3) is 0.231.